The smallest absolute Gasteiger partial charge is 0.373 e. The van der Waals surface area contributed by atoms with Gasteiger partial charge in [-0.15, -0.1) is 0 Å². The van der Waals surface area contributed by atoms with Crippen molar-refractivity contribution in [2.75, 3.05) is 26.4 Å². The number of esters is 1. The molecular weight excluding hydrogens is 216 g/mol. The van der Waals surface area contributed by atoms with E-state index in [1.807, 2.05) is 0 Å². The van der Waals surface area contributed by atoms with E-state index >= 15 is 0 Å². The highest BCUT2D eigenvalue weighted by Crippen LogP contribution is 2.01. The Hall–Kier alpha value is -1.11. The van der Waals surface area contributed by atoms with Gasteiger partial charge in [0.1, 0.15) is 13.2 Å². The summed E-state index contributed by atoms with van der Waals surface area (Å²) in [4.78, 5) is 11.1. The molecule has 6 nitrogen and oxygen atoms in total. The first-order valence-electron chi connectivity index (χ1n) is 5.00. The largest absolute Gasteiger partial charge is 0.485 e. The molecule has 94 valence electrons. The predicted molar refractivity (Wildman–Crippen MR) is 55.5 cm³/mol. The van der Waals surface area contributed by atoms with E-state index in [4.69, 9.17) is 14.9 Å². The molecule has 0 bridgehead atoms. The van der Waals surface area contributed by atoms with Gasteiger partial charge in [-0.2, -0.15) is 0 Å². The third-order valence-electron chi connectivity index (χ3n) is 1.70. The summed E-state index contributed by atoms with van der Waals surface area (Å²) in [6, 6.07) is 0. The molecular formula is C10H18O6. The summed E-state index contributed by atoms with van der Waals surface area (Å²) in [5, 5.41) is 26.2. The van der Waals surface area contributed by atoms with Gasteiger partial charge >= 0.3 is 5.97 Å². The number of hydrogen-bond acceptors (Lipinski definition) is 6. The van der Waals surface area contributed by atoms with E-state index in [1.165, 1.54) is 0 Å². The summed E-state index contributed by atoms with van der Waals surface area (Å²) in [5.41, 5.74) is 0. The average Bonchev–Trinajstić information content (AvgIpc) is 2.30. The van der Waals surface area contributed by atoms with Crippen molar-refractivity contribution < 1.29 is 29.6 Å². The van der Waals surface area contributed by atoms with Gasteiger partial charge in [-0.3, -0.25) is 0 Å². The number of rotatable bonds is 9. The maximum atomic E-state index is 11.1. The van der Waals surface area contributed by atoms with Crippen LogP contribution < -0.4 is 0 Å². The van der Waals surface area contributed by atoms with Gasteiger partial charge in [0.15, 0.2) is 5.76 Å². The van der Waals surface area contributed by atoms with Gasteiger partial charge in [-0.05, 0) is 19.4 Å². The van der Waals surface area contributed by atoms with Crippen LogP contribution in [0.2, 0.25) is 0 Å². The molecule has 6 heteroatoms. The zero-order valence-corrected chi connectivity index (χ0v) is 9.09. The minimum Gasteiger partial charge on any atom is -0.485 e. The highest BCUT2D eigenvalue weighted by molar-refractivity contribution is 5.85. The van der Waals surface area contributed by atoms with E-state index in [0.717, 1.165) is 0 Å². The Labute approximate surface area is 94.1 Å². The quantitative estimate of drug-likeness (QED) is 0.274. The van der Waals surface area contributed by atoms with Gasteiger partial charge in [0.25, 0.3) is 0 Å². The summed E-state index contributed by atoms with van der Waals surface area (Å²) in [6.07, 6.45) is -0.00391. The molecule has 0 rings (SSSR count). The summed E-state index contributed by atoms with van der Waals surface area (Å²) in [5.74, 6) is -0.972. The maximum Gasteiger partial charge on any atom is 0.373 e. The fourth-order valence-electron chi connectivity index (χ4n) is 0.890. The molecule has 16 heavy (non-hydrogen) atoms. The monoisotopic (exact) mass is 234 g/mol. The number of ether oxygens (including phenoxy) is 2. The molecule has 3 N–H and O–H groups in total. The molecule has 0 saturated heterocycles. The molecule has 0 aliphatic heterocycles. The van der Waals surface area contributed by atoms with Gasteiger partial charge in [-0.25, -0.2) is 4.79 Å². The lowest BCUT2D eigenvalue weighted by Crippen LogP contribution is -2.20. The van der Waals surface area contributed by atoms with Crippen LogP contribution >= 0.6 is 0 Å². The zero-order chi connectivity index (χ0) is 12.4. The predicted octanol–water partition coefficient (Wildman–Crippen LogP) is -0.814. The highest BCUT2D eigenvalue weighted by Gasteiger charge is 2.12. The zero-order valence-electron chi connectivity index (χ0n) is 9.09. The van der Waals surface area contributed by atoms with Gasteiger partial charge in [0.05, 0.1) is 12.7 Å². The first-order chi connectivity index (χ1) is 7.61. The van der Waals surface area contributed by atoms with Crippen LogP contribution in [0, 0.1) is 0 Å². The van der Waals surface area contributed by atoms with Crippen LogP contribution in [0.25, 0.3) is 0 Å². The number of aliphatic hydroxyl groups is 3. The van der Waals surface area contributed by atoms with Crippen LogP contribution in [0.3, 0.4) is 0 Å². The SMILES string of the molecule is C=C(OCCO)C(=O)OCC(O)CCCO. The number of hydrogen-bond donors (Lipinski definition) is 3. The molecule has 0 aromatic carbocycles. The van der Waals surface area contributed by atoms with Crippen molar-refractivity contribution in [3.05, 3.63) is 12.3 Å². The lowest BCUT2D eigenvalue weighted by molar-refractivity contribution is -0.146. The highest BCUT2D eigenvalue weighted by atomic mass is 16.6. The Morgan fingerprint density at radius 2 is 1.94 bits per heavy atom. The topological polar surface area (TPSA) is 96.2 Å². The molecule has 0 spiro atoms. The van der Waals surface area contributed by atoms with Gasteiger partial charge < -0.3 is 24.8 Å². The van der Waals surface area contributed by atoms with Crippen molar-refractivity contribution in [2.24, 2.45) is 0 Å². The lowest BCUT2D eigenvalue weighted by atomic mass is 10.2. The average molecular weight is 234 g/mol. The second kappa shape index (κ2) is 9.14. The number of carbonyl (C=O) groups excluding carboxylic acids is 1. The van der Waals surface area contributed by atoms with Crippen molar-refractivity contribution >= 4 is 5.97 Å². The summed E-state index contributed by atoms with van der Waals surface area (Å²) >= 11 is 0. The molecule has 0 aromatic rings. The molecule has 0 radical (unpaired) electrons. The van der Waals surface area contributed by atoms with Crippen LogP contribution in [0.4, 0.5) is 0 Å². The van der Waals surface area contributed by atoms with E-state index in [2.05, 4.69) is 11.3 Å². The van der Waals surface area contributed by atoms with Crippen molar-refractivity contribution in [1.82, 2.24) is 0 Å². The normalized spacial score (nSPS) is 11.9. The second-order valence-corrected chi connectivity index (χ2v) is 3.11. The van der Waals surface area contributed by atoms with Crippen LogP contribution in [0.1, 0.15) is 12.8 Å². The van der Waals surface area contributed by atoms with E-state index in [1.54, 1.807) is 0 Å². The Balaban J connectivity index is 3.66. The molecule has 0 aliphatic rings. The van der Waals surface area contributed by atoms with E-state index in [9.17, 15) is 9.90 Å². The number of aliphatic hydroxyl groups excluding tert-OH is 3. The summed E-state index contributed by atoms with van der Waals surface area (Å²) in [6.45, 7) is 2.88. The Morgan fingerprint density at radius 1 is 1.25 bits per heavy atom. The van der Waals surface area contributed by atoms with Crippen LogP contribution in [0.5, 0.6) is 0 Å². The fraction of sp³-hybridized carbons (Fsp3) is 0.700. The van der Waals surface area contributed by atoms with Crippen molar-refractivity contribution in [2.45, 2.75) is 18.9 Å². The molecule has 0 amide bonds. The Morgan fingerprint density at radius 3 is 2.50 bits per heavy atom. The second-order valence-electron chi connectivity index (χ2n) is 3.11. The molecule has 0 aliphatic carbocycles. The molecule has 0 saturated carbocycles. The minimum absolute atomic E-state index is 0.0165. The minimum atomic E-state index is -0.804. The van der Waals surface area contributed by atoms with Crippen LogP contribution in [-0.2, 0) is 14.3 Å². The number of carbonyl (C=O) groups is 1. The van der Waals surface area contributed by atoms with Crippen molar-refractivity contribution in [3.63, 3.8) is 0 Å². The standard InChI is InChI=1S/C10H18O6/c1-8(15-6-5-12)10(14)16-7-9(13)3-2-4-11/h9,11-13H,1-7H2. The Kier molecular flexibility index (Phi) is 8.51. The van der Waals surface area contributed by atoms with Crippen LogP contribution in [0.15, 0.2) is 12.3 Å². The third kappa shape index (κ3) is 7.22. The van der Waals surface area contributed by atoms with Gasteiger partial charge in [0.2, 0.25) is 0 Å². The van der Waals surface area contributed by atoms with Gasteiger partial charge in [0, 0.05) is 6.61 Å². The van der Waals surface area contributed by atoms with E-state index in [0.29, 0.717) is 12.8 Å². The maximum absolute atomic E-state index is 11.1. The fourth-order valence-corrected chi connectivity index (χ4v) is 0.890. The molecule has 0 heterocycles. The van der Waals surface area contributed by atoms with Crippen LogP contribution in [-0.4, -0.2) is 53.8 Å². The van der Waals surface area contributed by atoms with E-state index < -0.39 is 12.1 Å². The molecule has 1 unspecified atom stereocenters. The first kappa shape index (κ1) is 14.9. The Bertz CT molecular complexity index is 215. The molecule has 0 aromatic heterocycles. The molecule has 1 atom stereocenters. The van der Waals surface area contributed by atoms with Crippen molar-refractivity contribution in [3.8, 4) is 0 Å². The summed E-state index contributed by atoms with van der Waals surface area (Å²) in [7, 11) is 0. The van der Waals surface area contributed by atoms with Gasteiger partial charge in [-0.1, -0.05) is 0 Å². The van der Waals surface area contributed by atoms with E-state index in [-0.39, 0.29) is 32.2 Å². The summed E-state index contributed by atoms with van der Waals surface area (Å²) < 4.78 is 9.41. The third-order valence-corrected chi connectivity index (χ3v) is 1.70. The lowest BCUT2D eigenvalue weighted by Gasteiger charge is -2.11. The molecule has 0 fully saturated rings. The first-order valence-corrected chi connectivity index (χ1v) is 5.00. The van der Waals surface area contributed by atoms with Crippen molar-refractivity contribution in [1.29, 1.82) is 0 Å².